The van der Waals surface area contributed by atoms with Crippen LogP contribution in [0.15, 0.2) is 30.6 Å². The van der Waals surface area contributed by atoms with E-state index < -0.39 is 15.8 Å². The lowest BCUT2D eigenvalue weighted by Gasteiger charge is -2.31. The molecule has 2 aliphatic rings. The van der Waals surface area contributed by atoms with Crippen LogP contribution in [0.2, 0.25) is 0 Å². The Balaban J connectivity index is 1.33. The number of hydrogen-bond donors (Lipinski definition) is 1. The van der Waals surface area contributed by atoms with Gasteiger partial charge in [0, 0.05) is 37.8 Å². The van der Waals surface area contributed by atoms with Crippen LogP contribution >= 0.6 is 0 Å². The van der Waals surface area contributed by atoms with Crippen molar-refractivity contribution in [2.45, 2.75) is 50.8 Å². The average Bonchev–Trinajstić information content (AvgIpc) is 3.72. The minimum Gasteiger partial charge on any atom is -0.356 e. The highest BCUT2D eigenvalue weighted by atomic mass is 32.2. The Hall–Kier alpha value is -2.92. The van der Waals surface area contributed by atoms with Crippen LogP contribution in [0.4, 0.5) is 16.2 Å². The molecule has 1 saturated carbocycles. The van der Waals surface area contributed by atoms with Gasteiger partial charge in [0.05, 0.1) is 28.7 Å². The Morgan fingerprint density at radius 1 is 1.03 bits per heavy atom. The van der Waals surface area contributed by atoms with Crippen molar-refractivity contribution in [3.05, 3.63) is 36.4 Å². The monoisotopic (exact) mass is 499 g/mol. The maximum Gasteiger partial charge on any atom is 0.223 e. The minimum atomic E-state index is -3.15. The van der Waals surface area contributed by atoms with E-state index in [0.717, 1.165) is 37.3 Å². The second-order valence-electron chi connectivity index (χ2n) is 9.06. The molecule has 1 aromatic carbocycles. The van der Waals surface area contributed by atoms with E-state index in [2.05, 4.69) is 39.0 Å². The molecule has 0 radical (unpaired) electrons. The van der Waals surface area contributed by atoms with Crippen LogP contribution < -0.4 is 10.2 Å². The minimum absolute atomic E-state index is 0.0260. The molecular formula is C24H30FN7O2S. The highest BCUT2D eigenvalue weighted by Crippen LogP contribution is 2.32. The fourth-order valence-electron chi connectivity index (χ4n) is 4.50. The summed E-state index contributed by atoms with van der Waals surface area (Å²) in [6, 6.07) is 5.42. The molecule has 0 unspecified atom stereocenters. The van der Waals surface area contributed by atoms with Gasteiger partial charge in [0.15, 0.2) is 5.82 Å². The van der Waals surface area contributed by atoms with Crippen molar-refractivity contribution >= 4 is 32.8 Å². The van der Waals surface area contributed by atoms with Crippen LogP contribution in [0.5, 0.6) is 0 Å². The number of rotatable bonds is 8. The molecule has 2 fully saturated rings. The van der Waals surface area contributed by atoms with Gasteiger partial charge in [0.1, 0.15) is 11.5 Å². The molecule has 1 aliphatic heterocycles. The third-order valence-electron chi connectivity index (χ3n) is 6.73. The van der Waals surface area contributed by atoms with E-state index >= 15 is 0 Å². The van der Waals surface area contributed by atoms with Gasteiger partial charge in [-0.25, -0.2) is 32.1 Å². The van der Waals surface area contributed by atoms with Crippen LogP contribution in [-0.2, 0) is 10.0 Å². The lowest BCUT2D eigenvalue weighted by molar-refractivity contribution is 0.328. The molecule has 1 saturated heterocycles. The van der Waals surface area contributed by atoms with Crippen LogP contribution in [-0.4, -0.2) is 70.1 Å². The first-order chi connectivity index (χ1) is 16.9. The number of hydrogen-bond acceptors (Lipinski definition) is 8. The van der Waals surface area contributed by atoms with E-state index in [1.807, 2.05) is 6.07 Å². The number of nitrogens with one attached hydrogen (secondary N) is 1. The van der Waals surface area contributed by atoms with Crippen molar-refractivity contribution in [1.82, 2.24) is 24.2 Å². The van der Waals surface area contributed by atoms with E-state index in [1.165, 1.54) is 6.20 Å². The van der Waals surface area contributed by atoms with Gasteiger partial charge in [0.25, 0.3) is 0 Å². The number of halogens is 1. The van der Waals surface area contributed by atoms with Crippen molar-refractivity contribution in [3.8, 4) is 11.3 Å². The molecule has 186 valence electrons. The van der Waals surface area contributed by atoms with Crippen LogP contribution in [0.3, 0.4) is 0 Å². The molecule has 11 heteroatoms. The van der Waals surface area contributed by atoms with Gasteiger partial charge in [0.2, 0.25) is 16.0 Å². The summed E-state index contributed by atoms with van der Waals surface area (Å²) in [6.45, 7) is 6.71. The Kier molecular flexibility index (Phi) is 6.54. The zero-order valence-electron chi connectivity index (χ0n) is 20.0. The molecule has 0 spiro atoms. The summed E-state index contributed by atoms with van der Waals surface area (Å²) in [5.74, 6) is 0.585. The molecule has 0 amide bonds. The van der Waals surface area contributed by atoms with Gasteiger partial charge in [-0.05, 0) is 51.7 Å². The number of aromatic nitrogens is 4. The van der Waals surface area contributed by atoms with Crippen molar-refractivity contribution in [2.24, 2.45) is 0 Å². The zero-order valence-corrected chi connectivity index (χ0v) is 20.8. The largest absolute Gasteiger partial charge is 0.356 e. The second-order valence-corrected chi connectivity index (χ2v) is 11.3. The Morgan fingerprint density at radius 2 is 1.77 bits per heavy atom. The molecule has 2 aromatic heterocycles. The van der Waals surface area contributed by atoms with Gasteiger partial charge >= 0.3 is 0 Å². The Morgan fingerprint density at radius 3 is 2.46 bits per heavy atom. The highest BCUT2D eigenvalue weighted by molar-refractivity contribution is 7.90. The van der Waals surface area contributed by atoms with E-state index in [1.54, 1.807) is 22.6 Å². The van der Waals surface area contributed by atoms with Crippen molar-refractivity contribution in [3.63, 3.8) is 0 Å². The van der Waals surface area contributed by atoms with Crippen molar-refractivity contribution in [1.29, 1.82) is 0 Å². The Labute approximate surface area is 204 Å². The zero-order chi connectivity index (χ0) is 24.6. The summed E-state index contributed by atoms with van der Waals surface area (Å²) in [5.41, 5.74) is 2.18. The predicted molar refractivity (Wildman–Crippen MR) is 134 cm³/mol. The number of sulfonamides is 1. The summed E-state index contributed by atoms with van der Waals surface area (Å²) in [7, 11) is -3.15. The normalized spacial score (nSPS) is 17.6. The molecule has 0 bridgehead atoms. The van der Waals surface area contributed by atoms with E-state index in [9.17, 15) is 12.8 Å². The quantitative estimate of drug-likeness (QED) is 0.503. The molecule has 3 heterocycles. The van der Waals surface area contributed by atoms with E-state index in [4.69, 9.17) is 4.98 Å². The first kappa shape index (κ1) is 23.8. The van der Waals surface area contributed by atoms with Gasteiger partial charge in [-0.3, -0.25) is 4.98 Å². The third-order valence-corrected chi connectivity index (χ3v) is 9.13. The summed E-state index contributed by atoms with van der Waals surface area (Å²) in [4.78, 5) is 19.9. The molecule has 0 atom stereocenters. The van der Waals surface area contributed by atoms with Crippen LogP contribution in [0, 0.1) is 5.82 Å². The molecular weight excluding hydrogens is 469 g/mol. The number of benzene rings is 1. The molecule has 1 aliphatic carbocycles. The molecule has 5 rings (SSSR count). The molecule has 1 N–H and O–H groups in total. The number of anilines is 2. The third kappa shape index (κ3) is 4.92. The summed E-state index contributed by atoms with van der Waals surface area (Å²) in [5, 5.41) is 3.08. The highest BCUT2D eigenvalue weighted by Gasteiger charge is 2.41. The van der Waals surface area contributed by atoms with Gasteiger partial charge in [-0.15, -0.1) is 0 Å². The fraction of sp³-hybridized carbons (Fsp3) is 0.500. The standard InChI is InChI=1S/C24H30FN7O2S/c1-3-31(4-2)22-15-26-20-8-5-16(13-21(20)29-22)23-19(25)14-27-24(30-23)28-17-9-11-32(12-10-17)35(33,34)18-6-7-18/h5,8,13-15,17-18H,3-4,6-7,9-12H2,1-2H3,(H,27,28,30). The van der Waals surface area contributed by atoms with Gasteiger partial charge < -0.3 is 10.2 Å². The maximum atomic E-state index is 14.7. The molecule has 9 nitrogen and oxygen atoms in total. The van der Waals surface area contributed by atoms with Crippen molar-refractivity contribution in [2.75, 3.05) is 36.4 Å². The Bertz CT molecular complexity index is 1320. The smallest absolute Gasteiger partial charge is 0.223 e. The second kappa shape index (κ2) is 9.62. The van der Waals surface area contributed by atoms with Gasteiger partial charge in [-0.1, -0.05) is 6.07 Å². The fourth-order valence-corrected chi connectivity index (χ4v) is 6.38. The van der Waals surface area contributed by atoms with E-state index in [-0.39, 0.29) is 17.0 Å². The van der Waals surface area contributed by atoms with E-state index in [0.29, 0.717) is 43.0 Å². The molecule has 3 aromatic rings. The SMILES string of the molecule is CCN(CC)c1cnc2ccc(-c3nc(NC4CCN(S(=O)(=O)C5CC5)CC4)ncc3F)cc2n1. The lowest BCUT2D eigenvalue weighted by atomic mass is 10.1. The lowest BCUT2D eigenvalue weighted by Crippen LogP contribution is -2.43. The first-order valence-electron chi connectivity index (χ1n) is 12.2. The predicted octanol–water partition coefficient (Wildman–Crippen LogP) is 3.44. The van der Waals surface area contributed by atoms with Crippen LogP contribution in [0.1, 0.15) is 39.5 Å². The first-order valence-corrected chi connectivity index (χ1v) is 13.7. The summed E-state index contributed by atoms with van der Waals surface area (Å²) in [6.07, 6.45) is 5.76. The molecule has 35 heavy (non-hydrogen) atoms. The van der Waals surface area contributed by atoms with Gasteiger partial charge in [-0.2, -0.15) is 0 Å². The summed E-state index contributed by atoms with van der Waals surface area (Å²) >= 11 is 0. The maximum absolute atomic E-state index is 14.7. The number of fused-ring (bicyclic) bond motifs is 1. The topological polar surface area (TPSA) is 104 Å². The average molecular weight is 500 g/mol. The summed E-state index contributed by atoms with van der Waals surface area (Å²) < 4.78 is 41.3. The van der Waals surface area contributed by atoms with Crippen molar-refractivity contribution < 1.29 is 12.8 Å². The number of piperidine rings is 1. The number of nitrogens with zero attached hydrogens (tertiary/aromatic N) is 6. The van der Waals surface area contributed by atoms with Crippen LogP contribution in [0.25, 0.3) is 22.3 Å².